The molecule has 3 N–H and O–H groups in total. The SMILES string of the molecule is C[C@@H](NC(=O)CNS(=O)(=O)c1ccc(Cl)s1)C(=O)O. The maximum absolute atomic E-state index is 11.7. The molecule has 0 aliphatic heterocycles. The molecule has 0 radical (unpaired) electrons. The van der Waals surface area contributed by atoms with Gasteiger partial charge in [-0.1, -0.05) is 11.6 Å². The lowest BCUT2D eigenvalue weighted by Crippen LogP contribution is -2.43. The number of rotatable bonds is 6. The summed E-state index contributed by atoms with van der Waals surface area (Å²) in [6, 6.07) is 1.65. The Balaban J connectivity index is 2.57. The predicted octanol–water partition coefficient (Wildman–Crippen LogP) is 0.269. The molecule has 0 saturated heterocycles. The van der Waals surface area contributed by atoms with Crippen molar-refractivity contribution < 1.29 is 23.1 Å². The fourth-order valence-corrected chi connectivity index (χ4v) is 3.54. The van der Waals surface area contributed by atoms with E-state index in [1.807, 2.05) is 0 Å². The third-order valence-corrected chi connectivity index (χ3v) is 5.11. The molecule has 1 heterocycles. The average Bonchev–Trinajstić information content (AvgIpc) is 2.74. The summed E-state index contributed by atoms with van der Waals surface area (Å²) in [6.07, 6.45) is 0. The van der Waals surface area contributed by atoms with Crippen molar-refractivity contribution >= 4 is 44.8 Å². The van der Waals surface area contributed by atoms with Gasteiger partial charge in [0.1, 0.15) is 10.3 Å². The van der Waals surface area contributed by atoms with E-state index in [2.05, 4.69) is 10.0 Å². The highest BCUT2D eigenvalue weighted by molar-refractivity contribution is 7.91. The van der Waals surface area contributed by atoms with Crippen LogP contribution in [0.1, 0.15) is 6.92 Å². The summed E-state index contributed by atoms with van der Waals surface area (Å²) in [6.45, 7) is 0.725. The highest BCUT2D eigenvalue weighted by atomic mass is 35.5. The number of sulfonamides is 1. The van der Waals surface area contributed by atoms with Gasteiger partial charge < -0.3 is 10.4 Å². The van der Waals surface area contributed by atoms with Gasteiger partial charge in [0.2, 0.25) is 5.91 Å². The highest BCUT2D eigenvalue weighted by Gasteiger charge is 2.19. The van der Waals surface area contributed by atoms with Crippen molar-refractivity contribution in [3.8, 4) is 0 Å². The van der Waals surface area contributed by atoms with Crippen LogP contribution in [-0.2, 0) is 19.6 Å². The molecule has 0 aromatic carbocycles. The smallest absolute Gasteiger partial charge is 0.325 e. The summed E-state index contributed by atoms with van der Waals surface area (Å²) < 4.78 is 25.8. The summed E-state index contributed by atoms with van der Waals surface area (Å²) in [5.41, 5.74) is 0. The maximum Gasteiger partial charge on any atom is 0.325 e. The Morgan fingerprint density at radius 2 is 2.11 bits per heavy atom. The lowest BCUT2D eigenvalue weighted by molar-refractivity contribution is -0.141. The van der Waals surface area contributed by atoms with Gasteiger partial charge in [0.15, 0.2) is 0 Å². The van der Waals surface area contributed by atoms with Gasteiger partial charge in [0.05, 0.1) is 10.9 Å². The van der Waals surface area contributed by atoms with Crippen molar-refractivity contribution in [3.05, 3.63) is 16.5 Å². The van der Waals surface area contributed by atoms with Crippen molar-refractivity contribution in [2.45, 2.75) is 17.2 Å². The van der Waals surface area contributed by atoms with E-state index in [9.17, 15) is 18.0 Å². The standard InChI is InChI=1S/C9H11ClN2O5S2/c1-5(9(14)15)12-7(13)4-11-19(16,17)8-3-2-6(10)18-8/h2-3,5,11H,4H2,1H3,(H,12,13)(H,14,15)/t5-/m1/s1. The van der Waals surface area contributed by atoms with E-state index in [1.165, 1.54) is 19.1 Å². The molecule has 0 spiro atoms. The molecular weight excluding hydrogens is 316 g/mol. The van der Waals surface area contributed by atoms with E-state index in [-0.39, 0.29) is 4.21 Å². The third-order valence-electron chi connectivity index (χ3n) is 1.98. The Hall–Kier alpha value is -1.16. The van der Waals surface area contributed by atoms with Crippen LogP contribution in [0, 0.1) is 0 Å². The van der Waals surface area contributed by atoms with Gasteiger partial charge in [-0.3, -0.25) is 9.59 Å². The first-order valence-corrected chi connectivity index (χ1v) is 7.67. The van der Waals surface area contributed by atoms with Gasteiger partial charge in [-0.05, 0) is 19.1 Å². The Kier molecular flexibility index (Phi) is 5.29. The molecule has 1 amide bonds. The van der Waals surface area contributed by atoms with E-state index >= 15 is 0 Å². The van der Waals surface area contributed by atoms with Crippen molar-refractivity contribution in [2.24, 2.45) is 0 Å². The fraction of sp³-hybridized carbons (Fsp3) is 0.333. The van der Waals surface area contributed by atoms with Gasteiger partial charge in [-0.25, -0.2) is 13.1 Å². The molecule has 1 rings (SSSR count). The molecule has 10 heteroatoms. The monoisotopic (exact) mass is 326 g/mol. The number of carboxylic acid groups (broad SMARTS) is 1. The first kappa shape index (κ1) is 15.9. The van der Waals surface area contributed by atoms with Crippen molar-refractivity contribution in [1.29, 1.82) is 0 Å². The van der Waals surface area contributed by atoms with Crippen molar-refractivity contribution in [2.75, 3.05) is 6.54 Å². The van der Waals surface area contributed by atoms with Crippen LogP contribution in [0.2, 0.25) is 4.34 Å². The highest BCUT2D eigenvalue weighted by Crippen LogP contribution is 2.25. The molecule has 0 saturated carbocycles. The Bertz CT molecular complexity index is 583. The topological polar surface area (TPSA) is 113 Å². The van der Waals surface area contributed by atoms with Crippen LogP contribution >= 0.6 is 22.9 Å². The summed E-state index contributed by atoms with van der Waals surface area (Å²) in [7, 11) is -3.81. The molecule has 19 heavy (non-hydrogen) atoms. The number of thiophene rings is 1. The summed E-state index contributed by atoms with van der Waals surface area (Å²) >= 11 is 6.47. The summed E-state index contributed by atoms with van der Waals surface area (Å²) in [5, 5.41) is 10.7. The van der Waals surface area contributed by atoms with Crippen LogP contribution in [-0.4, -0.2) is 38.0 Å². The number of carbonyl (C=O) groups is 2. The largest absolute Gasteiger partial charge is 0.480 e. The summed E-state index contributed by atoms with van der Waals surface area (Å²) in [4.78, 5) is 21.8. The molecule has 1 atom stereocenters. The predicted molar refractivity (Wildman–Crippen MR) is 69.8 cm³/mol. The number of carboxylic acids is 1. The normalized spacial score (nSPS) is 12.9. The molecule has 7 nitrogen and oxygen atoms in total. The minimum atomic E-state index is -3.81. The number of carbonyl (C=O) groups excluding carboxylic acids is 1. The first-order chi connectivity index (χ1) is 8.72. The van der Waals surface area contributed by atoms with Gasteiger partial charge in [0, 0.05) is 0 Å². The van der Waals surface area contributed by atoms with Crippen molar-refractivity contribution in [3.63, 3.8) is 0 Å². The van der Waals surface area contributed by atoms with Crippen molar-refractivity contribution in [1.82, 2.24) is 10.0 Å². The number of aliphatic carboxylic acids is 1. The molecule has 0 unspecified atom stereocenters. The number of amides is 1. The minimum Gasteiger partial charge on any atom is -0.480 e. The van der Waals surface area contributed by atoms with Gasteiger partial charge in [0.25, 0.3) is 10.0 Å². The zero-order valence-corrected chi connectivity index (χ0v) is 12.1. The molecular formula is C9H11ClN2O5S2. The molecule has 0 bridgehead atoms. The fourth-order valence-electron chi connectivity index (χ4n) is 1.03. The second kappa shape index (κ2) is 6.33. The first-order valence-electron chi connectivity index (χ1n) is 4.99. The minimum absolute atomic E-state index is 0.0171. The van der Waals surface area contributed by atoms with E-state index in [1.54, 1.807) is 0 Å². The quantitative estimate of drug-likeness (QED) is 0.694. The zero-order chi connectivity index (χ0) is 14.6. The summed E-state index contributed by atoms with van der Waals surface area (Å²) in [5.74, 6) is -1.94. The van der Waals surface area contributed by atoms with E-state index in [4.69, 9.17) is 16.7 Å². The third kappa shape index (κ3) is 4.78. The van der Waals surface area contributed by atoms with E-state index in [0.717, 1.165) is 11.3 Å². The number of hydrogen-bond donors (Lipinski definition) is 3. The zero-order valence-electron chi connectivity index (χ0n) is 9.71. The maximum atomic E-state index is 11.7. The van der Waals surface area contributed by atoms with Gasteiger partial charge in [-0.15, -0.1) is 11.3 Å². The Morgan fingerprint density at radius 1 is 1.47 bits per heavy atom. The van der Waals surface area contributed by atoms with Crippen LogP contribution in [0.4, 0.5) is 0 Å². The van der Waals surface area contributed by atoms with E-state index in [0.29, 0.717) is 4.34 Å². The van der Waals surface area contributed by atoms with Crippen LogP contribution in [0.3, 0.4) is 0 Å². The van der Waals surface area contributed by atoms with Crippen LogP contribution < -0.4 is 10.0 Å². The Labute approximate surface area is 118 Å². The van der Waals surface area contributed by atoms with Crippen LogP contribution in [0.15, 0.2) is 16.3 Å². The molecule has 1 aromatic rings. The molecule has 0 aliphatic rings. The lowest BCUT2D eigenvalue weighted by atomic mass is 10.3. The second-order valence-corrected chi connectivity index (χ2v) is 7.22. The number of halogens is 1. The molecule has 0 fully saturated rings. The van der Waals surface area contributed by atoms with Gasteiger partial charge >= 0.3 is 5.97 Å². The molecule has 1 aromatic heterocycles. The average molecular weight is 327 g/mol. The number of nitrogens with one attached hydrogen (secondary N) is 2. The molecule has 106 valence electrons. The number of hydrogen-bond acceptors (Lipinski definition) is 5. The Morgan fingerprint density at radius 3 is 2.58 bits per heavy atom. The van der Waals surface area contributed by atoms with Crippen LogP contribution in [0.5, 0.6) is 0 Å². The molecule has 0 aliphatic carbocycles. The van der Waals surface area contributed by atoms with Gasteiger partial charge in [-0.2, -0.15) is 0 Å². The second-order valence-electron chi connectivity index (χ2n) is 3.51. The van der Waals surface area contributed by atoms with Crippen LogP contribution in [0.25, 0.3) is 0 Å². The van der Waals surface area contributed by atoms with E-state index < -0.39 is 34.5 Å². The lowest BCUT2D eigenvalue weighted by Gasteiger charge is -2.09.